The molecule has 2 bridgehead atoms. The van der Waals surface area contributed by atoms with Gasteiger partial charge in [-0.3, -0.25) is 14.6 Å². The van der Waals surface area contributed by atoms with Crippen LogP contribution in [0.2, 0.25) is 0 Å². The number of carbonyl (C=O) groups excluding carboxylic acids is 1. The highest BCUT2D eigenvalue weighted by Gasteiger charge is 2.35. The molecule has 7 nitrogen and oxygen atoms in total. The number of aromatic amines is 1. The van der Waals surface area contributed by atoms with Gasteiger partial charge in [0.25, 0.3) is 0 Å². The Morgan fingerprint density at radius 2 is 2.07 bits per heavy atom. The number of hydrogen-bond donors (Lipinski definition) is 1. The van der Waals surface area contributed by atoms with Crippen molar-refractivity contribution in [2.75, 3.05) is 45.9 Å². The van der Waals surface area contributed by atoms with E-state index >= 15 is 0 Å². The van der Waals surface area contributed by atoms with E-state index in [4.69, 9.17) is 4.74 Å². The lowest BCUT2D eigenvalue weighted by atomic mass is 10.00. The van der Waals surface area contributed by atoms with Crippen molar-refractivity contribution in [2.24, 2.45) is 5.92 Å². The van der Waals surface area contributed by atoms with E-state index < -0.39 is 0 Å². The minimum atomic E-state index is 0.233. The van der Waals surface area contributed by atoms with Crippen molar-refractivity contribution < 1.29 is 9.53 Å². The summed E-state index contributed by atoms with van der Waals surface area (Å²) in [5, 5.41) is 0. The van der Waals surface area contributed by atoms with Crippen LogP contribution in [0.5, 0.6) is 0 Å². The fourth-order valence-electron chi connectivity index (χ4n) is 4.90. The Morgan fingerprint density at radius 3 is 2.93 bits per heavy atom. The number of carbonyl (C=O) groups is 1. The summed E-state index contributed by atoms with van der Waals surface area (Å²) in [6.07, 6.45) is 4.63. The molecule has 2 saturated heterocycles. The van der Waals surface area contributed by atoms with Crippen molar-refractivity contribution in [3.05, 3.63) is 53.6 Å². The van der Waals surface area contributed by atoms with Crippen molar-refractivity contribution in [3.8, 4) is 0 Å². The van der Waals surface area contributed by atoms with Crippen LogP contribution in [0.25, 0.3) is 0 Å². The molecule has 0 radical (unpaired) electrons. The third-order valence-corrected chi connectivity index (χ3v) is 6.43. The molecule has 0 unspecified atom stereocenters. The maximum Gasteiger partial charge on any atom is 0.236 e. The molecular weight excluding hydrogens is 366 g/mol. The molecule has 2 fully saturated rings. The maximum atomic E-state index is 13.2. The summed E-state index contributed by atoms with van der Waals surface area (Å²) >= 11 is 0. The second-order valence-electron chi connectivity index (χ2n) is 8.59. The van der Waals surface area contributed by atoms with Crippen molar-refractivity contribution >= 4 is 5.91 Å². The molecule has 154 valence electrons. The van der Waals surface area contributed by atoms with Crippen LogP contribution in [0.4, 0.5) is 0 Å². The van der Waals surface area contributed by atoms with Gasteiger partial charge in [-0.1, -0.05) is 24.3 Å². The van der Waals surface area contributed by atoms with Crippen molar-refractivity contribution in [2.45, 2.75) is 25.6 Å². The number of nitrogens with zero attached hydrogens (tertiary/aromatic N) is 4. The summed E-state index contributed by atoms with van der Waals surface area (Å²) < 4.78 is 5.91. The zero-order chi connectivity index (χ0) is 19.6. The number of benzene rings is 1. The fourth-order valence-corrected chi connectivity index (χ4v) is 4.90. The Hall–Kier alpha value is -2.22. The number of ether oxygens (including phenoxy) is 1. The average molecular weight is 396 g/mol. The molecular formula is C22H29N5O2. The van der Waals surface area contributed by atoms with E-state index in [2.05, 4.69) is 48.9 Å². The van der Waals surface area contributed by atoms with E-state index in [1.54, 1.807) is 6.33 Å². The molecule has 0 saturated carbocycles. The first-order valence-electron chi connectivity index (χ1n) is 10.6. The normalized spacial score (nSPS) is 25.4. The molecule has 3 aliphatic heterocycles. The smallest absolute Gasteiger partial charge is 0.236 e. The van der Waals surface area contributed by atoms with Gasteiger partial charge in [-0.2, -0.15) is 0 Å². The molecule has 0 spiro atoms. The number of nitrogens with one attached hydrogen (secondary N) is 1. The highest BCUT2D eigenvalue weighted by molar-refractivity contribution is 5.78. The summed E-state index contributed by atoms with van der Waals surface area (Å²) in [4.78, 5) is 27.4. The number of imidazole rings is 1. The van der Waals surface area contributed by atoms with Crippen LogP contribution in [0.15, 0.2) is 36.8 Å². The number of hydrogen-bond acceptors (Lipinski definition) is 5. The van der Waals surface area contributed by atoms with E-state index in [0.29, 0.717) is 19.1 Å². The van der Waals surface area contributed by atoms with Crippen LogP contribution in [0.1, 0.15) is 16.8 Å². The molecule has 1 amide bonds. The third kappa shape index (κ3) is 4.22. The first-order valence-corrected chi connectivity index (χ1v) is 10.6. The van der Waals surface area contributed by atoms with Gasteiger partial charge in [0.15, 0.2) is 0 Å². The summed E-state index contributed by atoms with van der Waals surface area (Å²) in [5.74, 6) is 0.612. The molecule has 2 aromatic rings. The van der Waals surface area contributed by atoms with Crippen LogP contribution in [-0.2, 0) is 29.0 Å². The molecule has 0 aliphatic carbocycles. The number of rotatable bonds is 4. The van der Waals surface area contributed by atoms with Gasteiger partial charge in [0.2, 0.25) is 5.91 Å². The van der Waals surface area contributed by atoms with Crippen molar-refractivity contribution in [1.29, 1.82) is 0 Å². The SMILES string of the molecule is O=C(CN1CCc2ccccc2C1)N1C[C@@H]2COC[C@H](C1)N(Cc1cnc[nH]1)C2. The Morgan fingerprint density at radius 1 is 1.17 bits per heavy atom. The van der Waals surface area contributed by atoms with Gasteiger partial charge < -0.3 is 14.6 Å². The average Bonchev–Trinajstić information content (AvgIpc) is 3.07. The fraction of sp³-hybridized carbons (Fsp3) is 0.545. The van der Waals surface area contributed by atoms with Crippen LogP contribution in [0.3, 0.4) is 0 Å². The molecule has 2 atom stereocenters. The second kappa shape index (κ2) is 8.26. The zero-order valence-electron chi connectivity index (χ0n) is 16.8. The second-order valence-corrected chi connectivity index (χ2v) is 8.59. The van der Waals surface area contributed by atoms with Gasteiger partial charge in [-0.25, -0.2) is 4.98 Å². The van der Waals surface area contributed by atoms with Crippen molar-refractivity contribution in [3.63, 3.8) is 0 Å². The molecule has 5 rings (SSSR count). The topological polar surface area (TPSA) is 64.7 Å². The van der Waals surface area contributed by atoms with E-state index in [1.807, 2.05) is 6.20 Å². The maximum absolute atomic E-state index is 13.2. The monoisotopic (exact) mass is 395 g/mol. The first kappa shape index (κ1) is 18.8. The largest absolute Gasteiger partial charge is 0.379 e. The number of aromatic nitrogens is 2. The third-order valence-electron chi connectivity index (χ3n) is 6.43. The number of amides is 1. The summed E-state index contributed by atoms with van der Waals surface area (Å²) in [6.45, 7) is 7.08. The molecule has 4 heterocycles. The Balaban J connectivity index is 1.24. The van der Waals surface area contributed by atoms with E-state index in [-0.39, 0.29) is 11.9 Å². The summed E-state index contributed by atoms with van der Waals surface area (Å²) in [6, 6.07) is 8.82. The Labute approximate surface area is 171 Å². The van der Waals surface area contributed by atoms with Gasteiger partial charge >= 0.3 is 0 Å². The lowest BCUT2D eigenvalue weighted by molar-refractivity contribution is -0.134. The predicted octanol–water partition coefficient (Wildman–Crippen LogP) is 1.13. The van der Waals surface area contributed by atoms with Gasteiger partial charge in [0.1, 0.15) is 0 Å². The molecule has 29 heavy (non-hydrogen) atoms. The van der Waals surface area contributed by atoms with Gasteiger partial charge in [-0.15, -0.1) is 0 Å². The molecule has 1 aromatic carbocycles. The van der Waals surface area contributed by atoms with E-state index in [9.17, 15) is 4.79 Å². The lowest BCUT2D eigenvalue weighted by Gasteiger charge is -2.34. The molecule has 7 heteroatoms. The van der Waals surface area contributed by atoms with Gasteiger partial charge in [0.05, 0.1) is 32.1 Å². The standard InChI is InChI=1S/C22H29N5O2/c28-22(13-25-6-5-18-3-1-2-4-19(18)10-25)27-9-17-8-26(11-20-7-23-16-24-20)21(12-27)15-29-14-17/h1-4,7,16-17,21H,5-6,8-15H2,(H,23,24)/t17-,21+/m1/s1. The highest BCUT2D eigenvalue weighted by atomic mass is 16.5. The quantitative estimate of drug-likeness (QED) is 0.841. The van der Waals surface area contributed by atoms with Crippen LogP contribution in [-0.4, -0.2) is 82.6 Å². The number of fused-ring (bicyclic) bond motifs is 4. The van der Waals surface area contributed by atoms with Gasteiger partial charge in [0, 0.05) is 57.1 Å². The van der Waals surface area contributed by atoms with Crippen LogP contribution in [0, 0.1) is 5.92 Å². The minimum absolute atomic E-state index is 0.233. The number of H-pyrrole nitrogens is 1. The Kier molecular flexibility index (Phi) is 5.35. The van der Waals surface area contributed by atoms with Crippen LogP contribution >= 0.6 is 0 Å². The van der Waals surface area contributed by atoms with E-state index in [1.165, 1.54) is 11.1 Å². The molecule has 3 aliphatic rings. The summed E-state index contributed by atoms with van der Waals surface area (Å²) in [5.41, 5.74) is 3.90. The molecule has 1 aromatic heterocycles. The first-order chi connectivity index (χ1) is 14.2. The van der Waals surface area contributed by atoms with Gasteiger partial charge in [-0.05, 0) is 17.5 Å². The Bertz CT molecular complexity index is 839. The minimum Gasteiger partial charge on any atom is -0.379 e. The lowest BCUT2D eigenvalue weighted by Crippen LogP contribution is -2.48. The molecule has 1 N–H and O–H groups in total. The summed E-state index contributed by atoms with van der Waals surface area (Å²) in [7, 11) is 0. The van der Waals surface area contributed by atoms with Crippen LogP contribution < -0.4 is 0 Å². The van der Waals surface area contributed by atoms with E-state index in [0.717, 1.165) is 58.0 Å². The highest BCUT2D eigenvalue weighted by Crippen LogP contribution is 2.23. The van der Waals surface area contributed by atoms with Crippen molar-refractivity contribution in [1.82, 2.24) is 24.7 Å². The zero-order valence-corrected chi connectivity index (χ0v) is 16.8. The predicted molar refractivity (Wildman–Crippen MR) is 109 cm³/mol.